The van der Waals surface area contributed by atoms with Crippen molar-refractivity contribution in [1.82, 2.24) is 0 Å². The topological polar surface area (TPSA) is 26.3 Å². The molecule has 4 aliphatic carbocycles. The Bertz CT molecular complexity index is 590. The molecule has 0 aromatic rings. The molecule has 22 heavy (non-hydrogen) atoms. The highest BCUT2D eigenvalue weighted by Gasteiger charge is 2.59. The second kappa shape index (κ2) is 5.12. The minimum Gasteiger partial charge on any atom is -0.466 e. The Kier molecular flexibility index (Phi) is 3.21. The molecule has 0 amide bonds. The average Bonchev–Trinajstić information content (AvgIpc) is 3.25. The van der Waals surface area contributed by atoms with Crippen LogP contribution in [0.5, 0.6) is 0 Å². The van der Waals surface area contributed by atoms with E-state index in [9.17, 15) is 4.79 Å². The van der Waals surface area contributed by atoms with Crippen molar-refractivity contribution in [3.63, 3.8) is 0 Å². The van der Waals surface area contributed by atoms with Crippen molar-refractivity contribution in [3.8, 4) is 0 Å². The predicted octanol–water partition coefficient (Wildman–Crippen LogP) is 3.70. The molecule has 0 bridgehead atoms. The average molecular weight is 294 g/mol. The number of fused-ring (bicyclic) bond motifs is 5. The van der Waals surface area contributed by atoms with E-state index in [4.69, 9.17) is 4.74 Å². The molecule has 0 aromatic heterocycles. The number of methoxy groups -OCH3 is 1. The quantitative estimate of drug-likeness (QED) is 0.544. The van der Waals surface area contributed by atoms with Crippen LogP contribution in [-0.4, -0.2) is 13.1 Å². The van der Waals surface area contributed by atoms with Crippen molar-refractivity contribution in [2.45, 2.75) is 6.92 Å². The predicted molar refractivity (Wildman–Crippen MR) is 86.8 cm³/mol. The first-order chi connectivity index (χ1) is 10.7. The Labute approximate surface area is 131 Å². The zero-order valence-corrected chi connectivity index (χ0v) is 13.1. The van der Waals surface area contributed by atoms with Gasteiger partial charge in [-0.2, -0.15) is 0 Å². The number of hydrogen-bond donors (Lipinski definition) is 0. The Balaban J connectivity index is 1.81. The molecule has 0 aliphatic heterocycles. The van der Waals surface area contributed by atoms with Gasteiger partial charge < -0.3 is 4.74 Å². The Morgan fingerprint density at radius 1 is 0.955 bits per heavy atom. The van der Waals surface area contributed by atoms with E-state index in [1.165, 1.54) is 12.7 Å². The molecule has 4 rings (SSSR count). The van der Waals surface area contributed by atoms with Crippen LogP contribution in [-0.2, 0) is 9.53 Å². The molecule has 5 unspecified atom stereocenters. The molecule has 2 nitrogen and oxygen atoms in total. The molecule has 2 saturated carbocycles. The van der Waals surface area contributed by atoms with Crippen molar-refractivity contribution in [1.29, 1.82) is 0 Å². The van der Waals surface area contributed by atoms with Gasteiger partial charge in [0.1, 0.15) is 0 Å². The maximum atomic E-state index is 11.9. The van der Waals surface area contributed by atoms with Gasteiger partial charge in [-0.1, -0.05) is 55.5 Å². The summed E-state index contributed by atoms with van der Waals surface area (Å²) in [6.45, 7) is 2.39. The van der Waals surface area contributed by atoms with Crippen molar-refractivity contribution in [2.24, 2.45) is 41.4 Å². The van der Waals surface area contributed by atoms with E-state index in [1.54, 1.807) is 6.08 Å². The number of hydrogen-bond acceptors (Lipinski definition) is 2. The van der Waals surface area contributed by atoms with Crippen LogP contribution in [0.4, 0.5) is 0 Å². The van der Waals surface area contributed by atoms with Gasteiger partial charge in [-0.3, -0.25) is 0 Å². The van der Waals surface area contributed by atoms with Gasteiger partial charge in [0, 0.05) is 17.9 Å². The molecule has 2 fully saturated rings. The largest absolute Gasteiger partial charge is 0.466 e. The lowest BCUT2D eigenvalue weighted by atomic mass is 9.73. The minimum absolute atomic E-state index is 0.234. The van der Waals surface area contributed by atoms with E-state index >= 15 is 0 Å². The van der Waals surface area contributed by atoms with Crippen LogP contribution in [0.15, 0.2) is 60.3 Å². The molecule has 7 atom stereocenters. The zero-order chi connectivity index (χ0) is 15.3. The van der Waals surface area contributed by atoms with E-state index in [1.807, 2.05) is 0 Å². The summed E-state index contributed by atoms with van der Waals surface area (Å²) in [6, 6.07) is 0. The summed E-state index contributed by atoms with van der Waals surface area (Å²) in [6.07, 6.45) is 19.6. The summed E-state index contributed by atoms with van der Waals surface area (Å²) in [7, 11) is 1.46. The molecular formula is C20H22O2. The minimum atomic E-state index is -0.234. The van der Waals surface area contributed by atoms with Gasteiger partial charge in [-0.15, -0.1) is 0 Å². The third-order valence-corrected chi connectivity index (χ3v) is 6.02. The summed E-state index contributed by atoms with van der Waals surface area (Å²) in [5.41, 5.74) is 1.22. The van der Waals surface area contributed by atoms with Crippen LogP contribution < -0.4 is 0 Å². The second-order valence-corrected chi connectivity index (χ2v) is 6.93. The number of ether oxygens (including phenoxy) is 1. The molecule has 0 spiro atoms. The van der Waals surface area contributed by atoms with Crippen LogP contribution in [0.3, 0.4) is 0 Å². The summed E-state index contributed by atoms with van der Waals surface area (Å²) in [4.78, 5) is 11.9. The van der Waals surface area contributed by atoms with Crippen LogP contribution >= 0.6 is 0 Å². The molecular weight excluding hydrogens is 272 g/mol. The highest BCUT2D eigenvalue weighted by molar-refractivity contribution is 5.83. The zero-order valence-electron chi connectivity index (χ0n) is 13.1. The SMILES string of the molecule is COC(=O)C=C1C2C=CC=CC2[C@@H]2C(C)[C@@H]2C2C=CC=CC12. The maximum Gasteiger partial charge on any atom is 0.330 e. The van der Waals surface area contributed by atoms with Crippen molar-refractivity contribution in [3.05, 3.63) is 60.3 Å². The number of allylic oxidation sites excluding steroid dienone is 9. The van der Waals surface area contributed by atoms with Crippen LogP contribution in [0, 0.1) is 41.4 Å². The summed E-state index contributed by atoms with van der Waals surface area (Å²) in [5.74, 6) is 3.70. The number of carbonyl (C=O) groups excluding carboxylic acids is 1. The van der Waals surface area contributed by atoms with Gasteiger partial charge in [-0.25, -0.2) is 4.79 Å². The van der Waals surface area contributed by atoms with E-state index in [0.717, 1.165) is 17.8 Å². The van der Waals surface area contributed by atoms with Gasteiger partial charge in [-0.05, 0) is 35.2 Å². The van der Waals surface area contributed by atoms with Gasteiger partial charge in [0.2, 0.25) is 0 Å². The maximum absolute atomic E-state index is 11.9. The third-order valence-electron chi connectivity index (χ3n) is 6.02. The van der Waals surface area contributed by atoms with E-state index in [2.05, 4.69) is 55.5 Å². The Morgan fingerprint density at radius 3 is 1.95 bits per heavy atom. The van der Waals surface area contributed by atoms with E-state index in [0.29, 0.717) is 23.7 Å². The van der Waals surface area contributed by atoms with Crippen LogP contribution in [0.25, 0.3) is 0 Å². The lowest BCUT2D eigenvalue weighted by Crippen LogP contribution is -2.24. The Morgan fingerprint density at radius 2 is 1.45 bits per heavy atom. The van der Waals surface area contributed by atoms with Crippen molar-refractivity contribution < 1.29 is 9.53 Å². The molecule has 4 aliphatic rings. The Hall–Kier alpha value is -1.83. The standard InChI is InChI=1S/C20H22O2/c1-12-19-15-9-5-3-7-13(15)17(11-18(21)22-2)14-8-4-6-10-16(14)20(12)19/h3-16,19-20H,1-2H3/t12?,13?,14?,15?,16?,19-,20+. The molecule has 0 aromatic carbocycles. The lowest BCUT2D eigenvalue weighted by Gasteiger charge is -2.31. The van der Waals surface area contributed by atoms with E-state index in [-0.39, 0.29) is 5.97 Å². The number of carbonyl (C=O) groups is 1. The first-order valence-corrected chi connectivity index (χ1v) is 8.22. The molecule has 2 heteroatoms. The fourth-order valence-corrected chi connectivity index (χ4v) is 5.00. The molecule has 0 saturated heterocycles. The van der Waals surface area contributed by atoms with Gasteiger partial charge in [0.05, 0.1) is 7.11 Å². The lowest BCUT2D eigenvalue weighted by molar-refractivity contribution is -0.134. The number of rotatable bonds is 1. The number of esters is 1. The van der Waals surface area contributed by atoms with Crippen molar-refractivity contribution >= 4 is 5.97 Å². The summed E-state index contributed by atoms with van der Waals surface area (Å²) in [5, 5.41) is 0. The van der Waals surface area contributed by atoms with Crippen molar-refractivity contribution in [2.75, 3.05) is 7.11 Å². The normalized spacial score (nSPS) is 45.7. The highest BCUT2D eigenvalue weighted by Crippen LogP contribution is 2.64. The fraction of sp³-hybridized carbons (Fsp3) is 0.450. The molecule has 0 heterocycles. The van der Waals surface area contributed by atoms with Gasteiger partial charge >= 0.3 is 5.97 Å². The van der Waals surface area contributed by atoms with Gasteiger partial charge in [0.25, 0.3) is 0 Å². The smallest absolute Gasteiger partial charge is 0.330 e. The molecule has 0 radical (unpaired) electrons. The monoisotopic (exact) mass is 294 g/mol. The van der Waals surface area contributed by atoms with Gasteiger partial charge in [0.15, 0.2) is 0 Å². The van der Waals surface area contributed by atoms with E-state index < -0.39 is 0 Å². The first-order valence-electron chi connectivity index (χ1n) is 8.22. The molecule has 0 N–H and O–H groups in total. The highest BCUT2D eigenvalue weighted by atomic mass is 16.5. The summed E-state index contributed by atoms with van der Waals surface area (Å²) >= 11 is 0. The first kappa shape index (κ1) is 13.8. The second-order valence-electron chi connectivity index (χ2n) is 6.93. The van der Waals surface area contributed by atoms with Crippen LogP contribution in [0.1, 0.15) is 6.92 Å². The fourth-order valence-electron chi connectivity index (χ4n) is 5.00. The van der Waals surface area contributed by atoms with Crippen LogP contribution in [0.2, 0.25) is 0 Å². The summed E-state index contributed by atoms with van der Waals surface area (Å²) < 4.78 is 4.91. The third kappa shape index (κ3) is 1.97. The molecule has 114 valence electrons.